The maximum atomic E-state index is 12.7. The minimum atomic E-state index is -1.62. The van der Waals surface area contributed by atoms with Gasteiger partial charge in [0.05, 0.1) is 31.3 Å². The number of esters is 1. The Kier molecular flexibility index (Phi) is 6.29. The van der Waals surface area contributed by atoms with Gasteiger partial charge in [0, 0.05) is 5.92 Å². The molecule has 4 fully saturated rings. The zero-order valence-corrected chi connectivity index (χ0v) is 18.0. The molecule has 12 heteroatoms. The maximum Gasteiger partial charge on any atom is 0.338 e. The van der Waals surface area contributed by atoms with E-state index < -0.39 is 73.3 Å². The Balaban J connectivity index is 1.33. The van der Waals surface area contributed by atoms with Crippen LogP contribution >= 0.6 is 0 Å². The molecule has 0 unspecified atom stereocenters. The monoisotopic (exact) mass is 484 g/mol. The highest BCUT2D eigenvalue weighted by Gasteiger charge is 2.77. The van der Waals surface area contributed by atoms with E-state index in [1.165, 1.54) is 24.3 Å². The molecule has 3 aliphatic heterocycles. The van der Waals surface area contributed by atoms with E-state index in [2.05, 4.69) is 0 Å². The molecular weight excluding hydrogens is 456 g/mol. The second kappa shape index (κ2) is 8.97. The van der Waals surface area contributed by atoms with Crippen LogP contribution in [0.25, 0.3) is 0 Å². The summed E-state index contributed by atoms with van der Waals surface area (Å²) >= 11 is 0. The molecule has 0 radical (unpaired) electrons. The Hall–Kier alpha value is -1.87. The van der Waals surface area contributed by atoms with Crippen molar-refractivity contribution in [2.45, 2.75) is 61.2 Å². The lowest BCUT2D eigenvalue weighted by Crippen LogP contribution is -2.61. The van der Waals surface area contributed by atoms with Crippen molar-refractivity contribution in [3.63, 3.8) is 0 Å². The van der Waals surface area contributed by atoms with Crippen molar-refractivity contribution in [3.8, 4) is 5.75 Å². The van der Waals surface area contributed by atoms with Crippen molar-refractivity contribution < 1.29 is 59.1 Å². The quantitative estimate of drug-likeness (QED) is 0.190. The van der Waals surface area contributed by atoms with Gasteiger partial charge < -0.3 is 54.3 Å². The highest BCUT2D eigenvalue weighted by atomic mass is 16.8. The van der Waals surface area contributed by atoms with E-state index in [4.69, 9.17) is 23.7 Å². The highest BCUT2D eigenvalue weighted by molar-refractivity contribution is 5.89. The van der Waals surface area contributed by atoms with Gasteiger partial charge in [0.15, 0.2) is 12.6 Å². The van der Waals surface area contributed by atoms with E-state index in [0.717, 1.165) is 0 Å². The number of rotatable bonds is 6. The lowest BCUT2D eigenvalue weighted by Gasteiger charge is -2.44. The van der Waals surface area contributed by atoms with Crippen LogP contribution < -0.4 is 0 Å². The largest absolute Gasteiger partial charge is 0.508 e. The number of phenolic OH excluding ortho intramolecular Hbond substituents is 1. The molecule has 0 bridgehead atoms. The number of aliphatic hydroxyl groups is 5. The van der Waals surface area contributed by atoms with Crippen LogP contribution in [0.3, 0.4) is 0 Å². The third-order valence-corrected chi connectivity index (χ3v) is 7.25. The van der Waals surface area contributed by atoms with Gasteiger partial charge in [-0.25, -0.2) is 4.79 Å². The molecule has 0 amide bonds. The zero-order chi connectivity index (χ0) is 24.2. The molecule has 1 saturated carbocycles. The predicted molar refractivity (Wildman–Crippen MR) is 108 cm³/mol. The van der Waals surface area contributed by atoms with Crippen LogP contribution in [0, 0.1) is 11.8 Å². The van der Waals surface area contributed by atoms with E-state index >= 15 is 0 Å². The summed E-state index contributed by atoms with van der Waals surface area (Å²) in [6.45, 7) is -0.766. The number of ether oxygens (including phenoxy) is 5. The van der Waals surface area contributed by atoms with Crippen molar-refractivity contribution in [2.24, 2.45) is 11.8 Å². The van der Waals surface area contributed by atoms with Gasteiger partial charge in [-0.15, -0.1) is 0 Å². The number of hydrogen-bond acceptors (Lipinski definition) is 12. The van der Waals surface area contributed by atoms with Gasteiger partial charge in [0.25, 0.3) is 0 Å². The average Bonchev–Trinajstić information content (AvgIpc) is 3.52. The average molecular weight is 484 g/mol. The number of carbonyl (C=O) groups is 1. The minimum absolute atomic E-state index is 0.0138. The Morgan fingerprint density at radius 2 is 1.79 bits per heavy atom. The van der Waals surface area contributed by atoms with E-state index in [0.29, 0.717) is 6.42 Å². The smallest absolute Gasteiger partial charge is 0.338 e. The Morgan fingerprint density at radius 1 is 1.06 bits per heavy atom. The molecule has 0 spiro atoms. The van der Waals surface area contributed by atoms with Crippen molar-refractivity contribution in [1.29, 1.82) is 0 Å². The molecule has 1 aromatic carbocycles. The fraction of sp³-hybridized carbons (Fsp3) is 0.682. The Morgan fingerprint density at radius 3 is 2.47 bits per heavy atom. The van der Waals surface area contributed by atoms with E-state index in [9.17, 15) is 35.4 Å². The van der Waals surface area contributed by atoms with Gasteiger partial charge in [0.2, 0.25) is 0 Å². The molecule has 34 heavy (non-hydrogen) atoms. The Bertz CT molecular complexity index is 892. The summed E-state index contributed by atoms with van der Waals surface area (Å²) in [6.07, 6.45) is -9.17. The zero-order valence-electron chi connectivity index (χ0n) is 18.0. The van der Waals surface area contributed by atoms with Crippen molar-refractivity contribution in [3.05, 3.63) is 29.8 Å². The molecule has 1 aromatic rings. The number of aliphatic hydroxyl groups excluding tert-OH is 5. The van der Waals surface area contributed by atoms with Gasteiger partial charge in [-0.2, -0.15) is 0 Å². The fourth-order valence-electron chi connectivity index (χ4n) is 5.41. The molecule has 3 heterocycles. The van der Waals surface area contributed by atoms with Crippen molar-refractivity contribution in [1.82, 2.24) is 0 Å². The third-order valence-electron chi connectivity index (χ3n) is 7.25. The van der Waals surface area contributed by atoms with Crippen LogP contribution in [0.5, 0.6) is 5.75 Å². The molecular formula is C22H28O12. The molecule has 12 nitrogen and oxygen atoms in total. The normalized spacial score (nSPS) is 45.3. The van der Waals surface area contributed by atoms with E-state index in [-0.39, 0.29) is 30.4 Å². The lowest BCUT2D eigenvalue weighted by molar-refractivity contribution is -0.356. The van der Waals surface area contributed by atoms with Gasteiger partial charge in [-0.05, 0) is 30.7 Å². The molecule has 6 N–H and O–H groups in total. The number of fused-ring (bicyclic) bond motifs is 3. The van der Waals surface area contributed by atoms with Gasteiger partial charge in [0.1, 0.15) is 48.0 Å². The van der Waals surface area contributed by atoms with Crippen molar-refractivity contribution in [2.75, 3.05) is 19.8 Å². The SMILES string of the molecule is O=C(O[C@H]1[C@@H]2CCO[C@@H](O[C@@H]3O[C@H](CO)[C@@H](O)[C@H](O)[C@H]3O)[C@@H]2[C@@]2(CO)O[C@@H]12)c1ccc(O)cc1. The topological polar surface area (TPSA) is 188 Å². The first kappa shape index (κ1) is 23.9. The van der Waals surface area contributed by atoms with Gasteiger partial charge in [-0.1, -0.05) is 0 Å². The second-order valence-electron chi connectivity index (χ2n) is 9.12. The van der Waals surface area contributed by atoms with Crippen LogP contribution in [-0.2, 0) is 23.7 Å². The molecule has 4 aliphatic rings. The molecule has 0 aromatic heterocycles. The number of aromatic hydroxyl groups is 1. The summed E-state index contributed by atoms with van der Waals surface area (Å²) in [6, 6.07) is 5.62. The first-order chi connectivity index (χ1) is 16.3. The lowest BCUT2D eigenvalue weighted by atomic mass is 9.83. The van der Waals surface area contributed by atoms with Crippen LogP contribution in [0.1, 0.15) is 16.8 Å². The summed E-state index contributed by atoms with van der Waals surface area (Å²) in [5, 5.41) is 59.4. The van der Waals surface area contributed by atoms with Crippen LogP contribution in [0.2, 0.25) is 0 Å². The summed E-state index contributed by atoms with van der Waals surface area (Å²) in [5.41, 5.74) is -0.832. The summed E-state index contributed by atoms with van der Waals surface area (Å²) in [4.78, 5) is 12.7. The number of benzene rings is 1. The number of phenols is 1. The van der Waals surface area contributed by atoms with Crippen LogP contribution in [0.15, 0.2) is 24.3 Å². The molecule has 1 aliphatic carbocycles. The second-order valence-corrected chi connectivity index (χ2v) is 9.12. The first-order valence-electron chi connectivity index (χ1n) is 11.2. The maximum absolute atomic E-state index is 12.7. The van der Waals surface area contributed by atoms with Crippen molar-refractivity contribution >= 4 is 5.97 Å². The number of hydrogen-bond donors (Lipinski definition) is 6. The molecule has 11 atom stereocenters. The van der Waals surface area contributed by atoms with Gasteiger partial charge >= 0.3 is 5.97 Å². The predicted octanol–water partition coefficient (Wildman–Crippen LogP) is -2.14. The van der Waals surface area contributed by atoms with Crippen LogP contribution in [0.4, 0.5) is 0 Å². The van der Waals surface area contributed by atoms with Gasteiger partial charge in [-0.3, -0.25) is 0 Å². The molecule has 3 saturated heterocycles. The third kappa shape index (κ3) is 3.79. The summed E-state index contributed by atoms with van der Waals surface area (Å²) < 4.78 is 28.6. The first-order valence-corrected chi connectivity index (χ1v) is 11.2. The van der Waals surface area contributed by atoms with Crippen LogP contribution in [-0.4, -0.2) is 111 Å². The highest BCUT2D eigenvalue weighted by Crippen LogP contribution is 2.61. The standard InChI is InChI=1S/C22H28O12/c23-7-12-14(26)15(27)16(28)21(31-12)33-20-13-11(5-6-30-20)17(18-22(13,8-24)34-18)32-19(29)9-1-3-10(25)4-2-9/h1-4,11-18,20-21,23-28H,5-8H2/t11-,12-,13-,14-,15+,16-,17+,18+,20+,21+,22-/m1/s1. The number of carbonyl (C=O) groups excluding carboxylic acids is 1. The summed E-state index contributed by atoms with van der Waals surface area (Å²) in [7, 11) is 0. The van der Waals surface area contributed by atoms with E-state index in [1.54, 1.807) is 0 Å². The fourth-order valence-corrected chi connectivity index (χ4v) is 5.41. The van der Waals surface area contributed by atoms with E-state index in [1.807, 2.05) is 0 Å². The molecule has 188 valence electrons. The Labute approximate surface area is 194 Å². The minimum Gasteiger partial charge on any atom is -0.508 e. The molecule has 5 rings (SSSR count). The number of epoxide rings is 1. The summed E-state index contributed by atoms with van der Waals surface area (Å²) in [5.74, 6) is -1.47.